The van der Waals surface area contributed by atoms with Crippen molar-refractivity contribution in [2.75, 3.05) is 6.54 Å². The zero-order chi connectivity index (χ0) is 17.7. The van der Waals surface area contributed by atoms with Gasteiger partial charge in [0.1, 0.15) is 0 Å². The monoisotopic (exact) mass is 324 g/mol. The summed E-state index contributed by atoms with van der Waals surface area (Å²) in [4.78, 5) is 0. The van der Waals surface area contributed by atoms with Crippen molar-refractivity contribution in [1.82, 2.24) is 9.58 Å². The minimum atomic E-state index is 0.749. The number of benzene rings is 1. The first kappa shape index (κ1) is 18.8. The summed E-state index contributed by atoms with van der Waals surface area (Å²) in [5.41, 5.74) is 6.48. The fraction of sp³-hybridized carbons (Fsp3) is 0.550. The van der Waals surface area contributed by atoms with E-state index in [1.54, 1.807) is 5.01 Å². The van der Waals surface area contributed by atoms with Crippen LogP contribution < -0.4 is 5.84 Å². The van der Waals surface area contributed by atoms with Crippen LogP contribution in [0.15, 0.2) is 18.2 Å². The molecule has 1 aromatic heterocycles. The van der Waals surface area contributed by atoms with Gasteiger partial charge in [-0.15, -0.1) is 0 Å². The van der Waals surface area contributed by atoms with E-state index in [0.29, 0.717) is 0 Å². The first-order valence-corrected chi connectivity index (χ1v) is 9.27. The summed E-state index contributed by atoms with van der Waals surface area (Å²) in [6, 6.07) is 6.83. The molecule has 0 fully saturated rings. The average molecular weight is 324 g/mol. The molecule has 0 atom stereocenters. The first-order chi connectivity index (χ1) is 11.5. The van der Waals surface area contributed by atoms with Crippen LogP contribution in [0.2, 0.25) is 0 Å². The van der Waals surface area contributed by atoms with E-state index in [1.165, 1.54) is 34.1 Å². The van der Waals surface area contributed by atoms with Crippen molar-refractivity contribution in [3.8, 4) is 0 Å². The molecule has 0 spiro atoms. The van der Waals surface area contributed by atoms with Crippen LogP contribution in [0.4, 0.5) is 0 Å². The van der Waals surface area contributed by atoms with Gasteiger partial charge in [-0.05, 0) is 0 Å². The number of hydrogen-bond acceptors (Lipinski definition) is 2. The molecule has 0 aliphatic carbocycles. The van der Waals surface area contributed by atoms with Crippen LogP contribution in [-0.2, 0) is 19.4 Å². The summed E-state index contributed by atoms with van der Waals surface area (Å²) in [6.45, 7) is 10.4. The molecular formula is C20H31BN3. The first-order valence-electron chi connectivity index (χ1n) is 9.27. The van der Waals surface area contributed by atoms with Crippen molar-refractivity contribution >= 4 is 24.0 Å². The molecule has 1 heterocycles. The van der Waals surface area contributed by atoms with Gasteiger partial charge in [0, 0.05) is 0 Å². The standard InChI is InChI=1S/C20H31BN3/c1-5-9-18-16(6-2)17-14-15(4)11-12-19(17)23(18)13-8-10-20(21)24(22)7-3/h11-12,14H,5-10,13,22H2,1-4H3. The summed E-state index contributed by atoms with van der Waals surface area (Å²) in [5.74, 6) is 5.87. The van der Waals surface area contributed by atoms with Gasteiger partial charge < -0.3 is 0 Å². The third-order valence-electron chi connectivity index (χ3n) is 4.81. The number of hydrazine groups is 1. The summed E-state index contributed by atoms with van der Waals surface area (Å²) < 4.78 is 2.51. The van der Waals surface area contributed by atoms with Crippen LogP contribution in [-0.4, -0.2) is 29.2 Å². The Hall–Kier alpha value is -1.55. The molecule has 4 heteroatoms. The number of aryl methyl sites for hydroxylation is 3. The second-order valence-corrected chi connectivity index (χ2v) is 6.58. The van der Waals surface area contributed by atoms with Crippen molar-refractivity contribution in [2.45, 2.75) is 66.3 Å². The predicted molar refractivity (Wildman–Crippen MR) is 107 cm³/mol. The molecule has 0 saturated carbocycles. The third kappa shape index (κ3) is 3.92. The van der Waals surface area contributed by atoms with Crippen LogP contribution >= 0.6 is 0 Å². The molecule has 0 aliphatic rings. The van der Waals surface area contributed by atoms with Gasteiger partial charge in [0.05, 0.1) is 0 Å². The summed E-state index contributed by atoms with van der Waals surface area (Å²) in [6.07, 6.45) is 5.24. The van der Waals surface area contributed by atoms with E-state index in [9.17, 15) is 0 Å². The Morgan fingerprint density at radius 1 is 1.25 bits per heavy atom. The Morgan fingerprint density at radius 3 is 2.62 bits per heavy atom. The molecule has 3 nitrogen and oxygen atoms in total. The number of nitrogens with zero attached hydrogens (tertiary/aromatic N) is 2. The summed E-state index contributed by atoms with van der Waals surface area (Å²) in [5, 5.41) is 3.06. The van der Waals surface area contributed by atoms with E-state index in [4.69, 9.17) is 13.3 Å². The molecule has 0 unspecified atom stereocenters. The van der Waals surface area contributed by atoms with Gasteiger partial charge in [-0.2, -0.15) is 0 Å². The molecular weight excluding hydrogens is 293 g/mol. The zero-order valence-corrected chi connectivity index (χ0v) is 15.7. The molecule has 0 saturated heterocycles. The van der Waals surface area contributed by atoms with Crippen molar-refractivity contribution < 1.29 is 0 Å². The fourth-order valence-corrected chi connectivity index (χ4v) is 3.53. The molecule has 1 radical (unpaired) electrons. The zero-order valence-electron chi connectivity index (χ0n) is 15.7. The van der Waals surface area contributed by atoms with Crippen LogP contribution in [0.3, 0.4) is 0 Å². The average Bonchev–Trinajstić information content (AvgIpc) is 2.86. The molecule has 0 amide bonds. The molecule has 24 heavy (non-hydrogen) atoms. The van der Waals surface area contributed by atoms with Gasteiger partial charge in [0.25, 0.3) is 0 Å². The predicted octanol–water partition coefficient (Wildman–Crippen LogP) is 3.74. The summed E-state index contributed by atoms with van der Waals surface area (Å²) in [7, 11) is 6.06. The van der Waals surface area contributed by atoms with Crippen molar-refractivity contribution in [3.05, 3.63) is 35.0 Å². The van der Waals surface area contributed by atoms with E-state index in [0.717, 1.165) is 44.4 Å². The molecule has 0 aliphatic heterocycles. The maximum atomic E-state index is 6.06. The van der Waals surface area contributed by atoms with Crippen molar-refractivity contribution in [2.24, 2.45) is 5.84 Å². The van der Waals surface area contributed by atoms with E-state index >= 15 is 0 Å². The Bertz CT molecular complexity index is 702. The van der Waals surface area contributed by atoms with Gasteiger partial charge >= 0.3 is 147 Å². The van der Waals surface area contributed by atoms with Crippen LogP contribution in [0.5, 0.6) is 0 Å². The SMILES string of the molecule is [B]=C(CCCn1c(CCC)c(CC)c2cc(C)ccc21)N(N)CC. The molecule has 1 aromatic carbocycles. The number of fused-ring (bicyclic) bond motifs is 1. The van der Waals surface area contributed by atoms with Gasteiger partial charge in [0.2, 0.25) is 0 Å². The quantitative estimate of drug-likeness (QED) is 0.433. The Labute approximate surface area is 147 Å². The van der Waals surface area contributed by atoms with E-state index in [-0.39, 0.29) is 0 Å². The van der Waals surface area contributed by atoms with Crippen LogP contribution in [0, 0.1) is 6.92 Å². The van der Waals surface area contributed by atoms with E-state index in [2.05, 4.69) is 43.5 Å². The number of hydrogen-bond donors (Lipinski definition) is 1. The van der Waals surface area contributed by atoms with E-state index in [1.807, 2.05) is 6.92 Å². The summed E-state index contributed by atoms with van der Waals surface area (Å²) >= 11 is 0. The normalized spacial score (nSPS) is 11.2. The third-order valence-corrected chi connectivity index (χ3v) is 4.81. The molecule has 2 aromatic rings. The van der Waals surface area contributed by atoms with Gasteiger partial charge in [-0.3, -0.25) is 0 Å². The van der Waals surface area contributed by atoms with Crippen molar-refractivity contribution in [3.63, 3.8) is 0 Å². The Balaban J connectivity index is 2.30. The van der Waals surface area contributed by atoms with Gasteiger partial charge in [0.15, 0.2) is 0 Å². The van der Waals surface area contributed by atoms with Gasteiger partial charge in [-0.1, -0.05) is 0 Å². The molecule has 0 bridgehead atoms. The second-order valence-electron chi connectivity index (χ2n) is 6.58. The van der Waals surface area contributed by atoms with Crippen LogP contribution in [0.1, 0.15) is 56.9 Å². The Kier molecular flexibility index (Phi) is 6.67. The van der Waals surface area contributed by atoms with Crippen LogP contribution in [0.25, 0.3) is 10.9 Å². The number of rotatable bonds is 9. The van der Waals surface area contributed by atoms with Gasteiger partial charge in [-0.25, -0.2) is 0 Å². The second kappa shape index (κ2) is 8.52. The maximum absolute atomic E-state index is 6.06. The molecule has 2 rings (SSSR count). The molecule has 129 valence electrons. The fourth-order valence-electron chi connectivity index (χ4n) is 3.53. The number of nitrogens with two attached hydrogens (primary N) is 1. The number of aromatic nitrogens is 1. The van der Waals surface area contributed by atoms with Crippen molar-refractivity contribution in [1.29, 1.82) is 0 Å². The molecule has 2 N–H and O–H groups in total. The van der Waals surface area contributed by atoms with E-state index < -0.39 is 0 Å². The topological polar surface area (TPSA) is 34.2 Å². The Morgan fingerprint density at radius 2 is 2.00 bits per heavy atom. The minimum absolute atomic E-state index is 0.749.